The van der Waals surface area contributed by atoms with Crippen molar-refractivity contribution in [3.8, 4) is 5.75 Å². The van der Waals surface area contributed by atoms with Crippen molar-refractivity contribution < 1.29 is 11.3 Å². The number of aromatic hydroxyl groups is 1. The van der Waals surface area contributed by atoms with E-state index in [1.54, 1.807) is 30.5 Å². The smallest absolute Gasteiger partial charge is 0.251 e. The lowest BCUT2D eigenvalue weighted by Crippen LogP contribution is -2.22. The highest BCUT2D eigenvalue weighted by Gasteiger charge is 2.06. The van der Waals surface area contributed by atoms with E-state index in [9.17, 15) is 9.90 Å². The van der Waals surface area contributed by atoms with Gasteiger partial charge in [-0.2, -0.15) is 0 Å². The predicted molar refractivity (Wildman–Crippen MR) is 83.1 cm³/mol. The molecule has 0 radical (unpaired) electrons. The second-order valence-corrected chi connectivity index (χ2v) is 4.76. The van der Waals surface area contributed by atoms with E-state index in [0.717, 1.165) is 16.5 Å². The number of hydrogen-bond acceptors (Lipinski definition) is 3. The van der Waals surface area contributed by atoms with Gasteiger partial charge in [-0.05, 0) is 42.0 Å². The van der Waals surface area contributed by atoms with E-state index in [2.05, 4.69) is 10.3 Å². The Bertz CT molecular complexity index is 805. The molecule has 0 unspecified atom stereocenters. The minimum atomic E-state index is -0.149. The van der Waals surface area contributed by atoms with Crippen molar-refractivity contribution in [2.24, 2.45) is 0 Å². The standard InChI is InChI=1S/C17H14N2O2.H2/c20-15-5-1-3-12(9-15)11-19-17(21)14-6-7-16-13(10-14)4-2-8-18-16;/h1-10,20H,11H2,(H,19,21);1H. The van der Waals surface area contributed by atoms with Crippen LogP contribution < -0.4 is 5.32 Å². The molecule has 4 nitrogen and oxygen atoms in total. The quantitative estimate of drug-likeness (QED) is 0.775. The minimum Gasteiger partial charge on any atom is -0.508 e. The van der Waals surface area contributed by atoms with E-state index in [0.29, 0.717) is 12.1 Å². The third kappa shape index (κ3) is 3.00. The number of hydrogen-bond donors (Lipinski definition) is 2. The molecule has 0 saturated heterocycles. The van der Waals surface area contributed by atoms with Crippen LogP contribution in [0, 0.1) is 0 Å². The first kappa shape index (κ1) is 13.1. The van der Waals surface area contributed by atoms with Crippen LogP contribution in [-0.4, -0.2) is 16.0 Å². The van der Waals surface area contributed by atoms with Crippen LogP contribution in [0.2, 0.25) is 0 Å². The number of nitrogens with one attached hydrogen (secondary N) is 1. The number of aromatic nitrogens is 1. The highest BCUT2D eigenvalue weighted by Crippen LogP contribution is 2.14. The van der Waals surface area contributed by atoms with Crippen LogP contribution in [0.3, 0.4) is 0 Å². The van der Waals surface area contributed by atoms with Gasteiger partial charge < -0.3 is 10.4 Å². The maximum Gasteiger partial charge on any atom is 0.251 e. The number of nitrogens with zero attached hydrogens (tertiary/aromatic N) is 1. The van der Waals surface area contributed by atoms with E-state index < -0.39 is 0 Å². The summed E-state index contributed by atoms with van der Waals surface area (Å²) in [6, 6.07) is 16.0. The first-order chi connectivity index (χ1) is 10.2. The van der Waals surface area contributed by atoms with Gasteiger partial charge in [-0.25, -0.2) is 0 Å². The zero-order chi connectivity index (χ0) is 14.7. The summed E-state index contributed by atoms with van der Waals surface area (Å²) in [4.78, 5) is 16.4. The Balaban J connectivity index is 0.00000176. The van der Waals surface area contributed by atoms with Crippen LogP contribution in [0.1, 0.15) is 17.3 Å². The molecule has 2 N–H and O–H groups in total. The zero-order valence-corrected chi connectivity index (χ0v) is 11.3. The molecule has 3 rings (SSSR count). The molecule has 1 amide bonds. The van der Waals surface area contributed by atoms with Crippen LogP contribution in [0.5, 0.6) is 5.75 Å². The Kier molecular flexibility index (Phi) is 3.51. The van der Waals surface area contributed by atoms with Gasteiger partial charge in [0.1, 0.15) is 5.75 Å². The number of rotatable bonds is 3. The second-order valence-electron chi connectivity index (χ2n) is 4.76. The lowest BCUT2D eigenvalue weighted by atomic mass is 10.1. The molecule has 106 valence electrons. The van der Waals surface area contributed by atoms with Crippen LogP contribution in [-0.2, 0) is 6.54 Å². The van der Waals surface area contributed by atoms with Gasteiger partial charge >= 0.3 is 0 Å². The number of phenolic OH excluding ortho intramolecular Hbond substituents is 1. The number of phenols is 1. The normalized spacial score (nSPS) is 10.5. The molecule has 0 aliphatic rings. The molecule has 0 aliphatic carbocycles. The molecule has 0 spiro atoms. The van der Waals surface area contributed by atoms with Gasteiger partial charge in [0, 0.05) is 25.1 Å². The van der Waals surface area contributed by atoms with E-state index in [-0.39, 0.29) is 13.1 Å². The van der Waals surface area contributed by atoms with Crippen molar-refractivity contribution in [1.82, 2.24) is 10.3 Å². The molecule has 0 atom stereocenters. The van der Waals surface area contributed by atoms with E-state index in [1.807, 2.05) is 30.3 Å². The summed E-state index contributed by atoms with van der Waals surface area (Å²) in [5.74, 6) is 0.0441. The lowest BCUT2D eigenvalue weighted by molar-refractivity contribution is 0.0951. The fourth-order valence-corrected chi connectivity index (χ4v) is 2.17. The Morgan fingerprint density at radius 2 is 2.05 bits per heavy atom. The molecule has 1 heterocycles. The molecule has 4 heteroatoms. The Hall–Kier alpha value is -2.88. The summed E-state index contributed by atoms with van der Waals surface area (Å²) < 4.78 is 0. The number of benzene rings is 2. The van der Waals surface area contributed by atoms with Gasteiger partial charge in [-0.3, -0.25) is 9.78 Å². The number of carbonyl (C=O) groups is 1. The van der Waals surface area contributed by atoms with Crippen molar-refractivity contribution >= 4 is 16.8 Å². The summed E-state index contributed by atoms with van der Waals surface area (Å²) in [5, 5.41) is 13.2. The van der Waals surface area contributed by atoms with Crippen LogP contribution in [0.4, 0.5) is 0 Å². The summed E-state index contributed by atoms with van der Waals surface area (Å²) in [5.41, 5.74) is 2.31. The fraction of sp³-hybridized carbons (Fsp3) is 0.0588. The number of amides is 1. The van der Waals surface area contributed by atoms with Gasteiger partial charge in [0.05, 0.1) is 5.52 Å². The topological polar surface area (TPSA) is 62.2 Å². The second kappa shape index (κ2) is 5.63. The molecule has 0 bridgehead atoms. The average molecular weight is 280 g/mol. The summed E-state index contributed by atoms with van der Waals surface area (Å²) in [6.45, 7) is 0.373. The predicted octanol–water partition coefficient (Wildman–Crippen LogP) is 3.12. The molecule has 2 aromatic carbocycles. The van der Waals surface area contributed by atoms with Gasteiger partial charge in [0.25, 0.3) is 5.91 Å². The molecule has 21 heavy (non-hydrogen) atoms. The summed E-state index contributed by atoms with van der Waals surface area (Å²) in [6.07, 6.45) is 1.73. The molecule has 3 aromatic rings. The Morgan fingerprint density at radius 3 is 2.90 bits per heavy atom. The van der Waals surface area contributed by atoms with E-state index in [1.165, 1.54) is 0 Å². The van der Waals surface area contributed by atoms with Crippen molar-refractivity contribution in [2.45, 2.75) is 6.54 Å². The van der Waals surface area contributed by atoms with Gasteiger partial charge in [-0.15, -0.1) is 0 Å². The number of carbonyl (C=O) groups excluding carboxylic acids is 1. The first-order valence-electron chi connectivity index (χ1n) is 6.63. The number of pyridine rings is 1. The highest BCUT2D eigenvalue weighted by atomic mass is 16.3. The SMILES string of the molecule is O=C(NCc1cccc(O)c1)c1ccc2ncccc2c1.[HH]. The molecule has 1 aromatic heterocycles. The molecule has 0 aliphatic heterocycles. The summed E-state index contributed by atoms with van der Waals surface area (Å²) in [7, 11) is 0. The fourth-order valence-electron chi connectivity index (χ4n) is 2.17. The summed E-state index contributed by atoms with van der Waals surface area (Å²) >= 11 is 0. The van der Waals surface area contributed by atoms with Gasteiger partial charge in [0.15, 0.2) is 0 Å². The van der Waals surface area contributed by atoms with Crippen molar-refractivity contribution in [2.75, 3.05) is 0 Å². The maximum absolute atomic E-state index is 12.2. The molecular weight excluding hydrogens is 264 g/mol. The third-order valence-electron chi connectivity index (χ3n) is 3.23. The van der Waals surface area contributed by atoms with Gasteiger partial charge in [-0.1, -0.05) is 18.2 Å². The van der Waals surface area contributed by atoms with Crippen LogP contribution in [0.25, 0.3) is 10.9 Å². The molecule has 0 saturated carbocycles. The molecular formula is C17H16N2O2. The van der Waals surface area contributed by atoms with E-state index in [4.69, 9.17) is 0 Å². The highest BCUT2D eigenvalue weighted by molar-refractivity contribution is 5.97. The van der Waals surface area contributed by atoms with Crippen molar-refractivity contribution in [3.05, 3.63) is 71.9 Å². The minimum absolute atomic E-state index is 0. The zero-order valence-electron chi connectivity index (χ0n) is 11.3. The van der Waals surface area contributed by atoms with Crippen molar-refractivity contribution in [3.63, 3.8) is 0 Å². The Labute approximate surface area is 123 Å². The van der Waals surface area contributed by atoms with Crippen LogP contribution in [0.15, 0.2) is 60.8 Å². The molecule has 0 fully saturated rings. The Morgan fingerprint density at radius 1 is 1.14 bits per heavy atom. The lowest BCUT2D eigenvalue weighted by Gasteiger charge is -2.06. The first-order valence-corrected chi connectivity index (χ1v) is 6.63. The van der Waals surface area contributed by atoms with Crippen LogP contribution >= 0.6 is 0 Å². The average Bonchev–Trinajstić information content (AvgIpc) is 2.52. The van der Waals surface area contributed by atoms with Gasteiger partial charge in [0.2, 0.25) is 0 Å². The van der Waals surface area contributed by atoms with Crippen molar-refractivity contribution in [1.29, 1.82) is 0 Å². The monoisotopic (exact) mass is 280 g/mol. The van der Waals surface area contributed by atoms with E-state index >= 15 is 0 Å². The third-order valence-corrected chi connectivity index (χ3v) is 3.23. The largest absolute Gasteiger partial charge is 0.508 e. The maximum atomic E-state index is 12.2. The number of fused-ring (bicyclic) bond motifs is 1.